The molecule has 2 aliphatic rings. The molecule has 0 aromatic carbocycles. The van der Waals surface area contributed by atoms with E-state index in [0.717, 1.165) is 32.4 Å². The summed E-state index contributed by atoms with van der Waals surface area (Å²) < 4.78 is 23.4. The van der Waals surface area contributed by atoms with Crippen LogP contribution in [-0.4, -0.2) is 61.9 Å². The molecule has 0 aliphatic carbocycles. The largest absolute Gasteiger partial charge is 0.379 e. The highest BCUT2D eigenvalue weighted by Crippen LogP contribution is 2.41. The van der Waals surface area contributed by atoms with Crippen molar-refractivity contribution in [3.63, 3.8) is 0 Å². The Bertz CT molecular complexity index is 561. The maximum absolute atomic E-state index is 13.0. The monoisotopic (exact) mass is 338 g/mol. The van der Waals surface area contributed by atoms with E-state index in [0.29, 0.717) is 19.2 Å². The van der Waals surface area contributed by atoms with Gasteiger partial charge in [0, 0.05) is 26.8 Å². The molecule has 1 amide bonds. The van der Waals surface area contributed by atoms with Crippen molar-refractivity contribution in [3.8, 4) is 0 Å². The fourth-order valence-corrected chi connectivity index (χ4v) is 3.61. The summed E-state index contributed by atoms with van der Waals surface area (Å²) in [5.41, 5.74) is 0.0260. The molecule has 0 bridgehead atoms. The van der Waals surface area contributed by atoms with Gasteiger partial charge in [-0.05, 0) is 24.7 Å². The van der Waals surface area contributed by atoms with Crippen molar-refractivity contribution in [1.29, 1.82) is 0 Å². The summed E-state index contributed by atoms with van der Waals surface area (Å²) in [4.78, 5) is 22.1. The van der Waals surface area contributed by atoms with Crippen molar-refractivity contribution >= 4 is 11.9 Å². The third-order valence-electron chi connectivity index (χ3n) is 5.03. The predicted octanol–water partition coefficient (Wildman–Crippen LogP) is 0.754. The number of piperidine rings is 1. The molecular weight excluding hydrogens is 315 g/mol. The minimum atomic E-state index is -0.433. The Balaban J connectivity index is 1.65. The summed E-state index contributed by atoms with van der Waals surface area (Å²) in [7, 11) is 1.51. The van der Waals surface area contributed by atoms with Gasteiger partial charge >= 0.3 is 0 Å². The maximum atomic E-state index is 13.0. The first-order valence-electron chi connectivity index (χ1n) is 8.21. The van der Waals surface area contributed by atoms with E-state index in [2.05, 4.69) is 20.2 Å². The lowest BCUT2D eigenvalue weighted by Gasteiger charge is -2.49. The molecule has 2 saturated heterocycles. The zero-order valence-electron chi connectivity index (χ0n) is 13.8. The zero-order chi connectivity index (χ0) is 17.0. The van der Waals surface area contributed by atoms with Gasteiger partial charge in [-0.3, -0.25) is 4.79 Å². The molecule has 0 unspecified atom stereocenters. The Morgan fingerprint density at radius 2 is 2.12 bits per heavy atom. The molecule has 1 aromatic rings. The number of halogens is 1. The molecule has 24 heavy (non-hydrogen) atoms. The van der Waals surface area contributed by atoms with Gasteiger partial charge in [-0.1, -0.05) is 0 Å². The van der Waals surface area contributed by atoms with Crippen LogP contribution >= 0.6 is 0 Å². The summed E-state index contributed by atoms with van der Waals surface area (Å²) in [6.07, 6.45) is 5.12. The molecule has 1 atom stereocenters. The molecular formula is C16H23FN4O3. The minimum absolute atomic E-state index is 0.00909. The van der Waals surface area contributed by atoms with E-state index in [1.807, 2.05) is 0 Å². The Labute approximate surface area is 140 Å². The molecule has 7 nitrogen and oxygen atoms in total. The molecule has 132 valence electrons. The van der Waals surface area contributed by atoms with Gasteiger partial charge in [0.15, 0.2) is 5.82 Å². The average molecular weight is 338 g/mol. The number of ether oxygens (including phenoxy) is 2. The number of amides is 1. The quantitative estimate of drug-likeness (QED) is 0.873. The van der Waals surface area contributed by atoms with Crippen molar-refractivity contribution in [3.05, 3.63) is 18.2 Å². The minimum Gasteiger partial charge on any atom is -0.379 e. The van der Waals surface area contributed by atoms with Gasteiger partial charge in [-0.2, -0.15) is 0 Å². The molecule has 0 radical (unpaired) electrons. The molecule has 3 rings (SSSR count). The Morgan fingerprint density at radius 3 is 2.79 bits per heavy atom. The van der Waals surface area contributed by atoms with Crippen LogP contribution in [0.25, 0.3) is 0 Å². The van der Waals surface area contributed by atoms with Crippen molar-refractivity contribution in [2.24, 2.45) is 5.41 Å². The molecule has 3 heterocycles. The number of methoxy groups -OCH3 is 1. The standard InChI is InChI=1S/C16H23FN4O3/c1-23-11-14(22)20-13-10-24-7-4-16(13)2-5-21(6-3-16)15-18-8-12(17)9-19-15/h8-9,13H,2-7,10-11H2,1H3,(H,20,22)/t13-/m0/s1. The van der Waals surface area contributed by atoms with Crippen LogP contribution in [0.15, 0.2) is 12.4 Å². The number of rotatable bonds is 4. The fraction of sp³-hybridized carbons (Fsp3) is 0.688. The van der Waals surface area contributed by atoms with Crippen molar-refractivity contribution in [2.45, 2.75) is 25.3 Å². The van der Waals surface area contributed by atoms with Crippen LogP contribution in [0.1, 0.15) is 19.3 Å². The Morgan fingerprint density at radius 1 is 1.42 bits per heavy atom. The first kappa shape index (κ1) is 17.0. The van der Waals surface area contributed by atoms with Gasteiger partial charge in [0.25, 0.3) is 0 Å². The number of hydrogen-bond donors (Lipinski definition) is 1. The Kier molecular flexibility index (Phi) is 5.25. The van der Waals surface area contributed by atoms with E-state index in [1.54, 1.807) is 0 Å². The number of aromatic nitrogens is 2. The van der Waals surface area contributed by atoms with Crippen LogP contribution in [-0.2, 0) is 14.3 Å². The van der Waals surface area contributed by atoms with E-state index in [1.165, 1.54) is 19.5 Å². The first-order chi connectivity index (χ1) is 11.6. The Hall–Kier alpha value is -1.80. The molecule has 2 aliphatic heterocycles. The number of carbonyl (C=O) groups excluding carboxylic acids is 1. The van der Waals surface area contributed by atoms with Crippen LogP contribution in [0, 0.1) is 11.2 Å². The van der Waals surface area contributed by atoms with E-state index in [-0.39, 0.29) is 24.0 Å². The second-order valence-corrected chi connectivity index (χ2v) is 6.43. The second-order valence-electron chi connectivity index (χ2n) is 6.43. The highest BCUT2D eigenvalue weighted by molar-refractivity contribution is 5.77. The third-order valence-corrected chi connectivity index (χ3v) is 5.03. The van der Waals surface area contributed by atoms with Gasteiger partial charge in [0.2, 0.25) is 11.9 Å². The topological polar surface area (TPSA) is 76.6 Å². The summed E-state index contributed by atoms with van der Waals surface area (Å²) in [6.45, 7) is 2.86. The highest BCUT2D eigenvalue weighted by Gasteiger charge is 2.44. The van der Waals surface area contributed by atoms with Crippen LogP contribution in [0.4, 0.5) is 10.3 Å². The van der Waals surface area contributed by atoms with Crippen LogP contribution < -0.4 is 10.2 Å². The summed E-state index contributed by atoms with van der Waals surface area (Å²) in [5.74, 6) is 0.00697. The first-order valence-corrected chi connectivity index (χ1v) is 8.21. The lowest BCUT2D eigenvalue weighted by Crippen LogP contribution is -2.58. The molecule has 1 spiro atoms. The second kappa shape index (κ2) is 7.40. The molecule has 1 N–H and O–H groups in total. The van der Waals surface area contributed by atoms with Crippen molar-refractivity contribution in [2.75, 3.05) is 44.9 Å². The fourth-order valence-electron chi connectivity index (χ4n) is 3.61. The average Bonchev–Trinajstić information content (AvgIpc) is 2.59. The van der Waals surface area contributed by atoms with Crippen molar-refractivity contribution < 1.29 is 18.7 Å². The normalized spacial score (nSPS) is 23.2. The highest BCUT2D eigenvalue weighted by atomic mass is 19.1. The van der Waals surface area contributed by atoms with E-state index < -0.39 is 5.82 Å². The lowest BCUT2D eigenvalue weighted by atomic mass is 9.69. The molecule has 2 fully saturated rings. The number of nitrogens with zero attached hydrogens (tertiary/aromatic N) is 3. The van der Waals surface area contributed by atoms with E-state index in [4.69, 9.17) is 9.47 Å². The molecule has 0 saturated carbocycles. The van der Waals surface area contributed by atoms with E-state index in [9.17, 15) is 9.18 Å². The van der Waals surface area contributed by atoms with Gasteiger partial charge < -0.3 is 19.7 Å². The molecule has 1 aromatic heterocycles. The third kappa shape index (κ3) is 3.64. The van der Waals surface area contributed by atoms with Crippen molar-refractivity contribution in [1.82, 2.24) is 15.3 Å². The molecule has 8 heteroatoms. The van der Waals surface area contributed by atoms with Gasteiger partial charge in [-0.15, -0.1) is 0 Å². The number of hydrogen-bond acceptors (Lipinski definition) is 6. The predicted molar refractivity (Wildman–Crippen MR) is 85.1 cm³/mol. The maximum Gasteiger partial charge on any atom is 0.246 e. The summed E-state index contributed by atoms with van der Waals surface area (Å²) in [6, 6.07) is -0.00909. The number of carbonyl (C=O) groups is 1. The van der Waals surface area contributed by atoms with Gasteiger partial charge in [0.1, 0.15) is 6.61 Å². The lowest BCUT2D eigenvalue weighted by molar-refractivity contribution is -0.129. The summed E-state index contributed by atoms with van der Waals surface area (Å²) >= 11 is 0. The van der Waals surface area contributed by atoms with Crippen LogP contribution in [0.2, 0.25) is 0 Å². The smallest absolute Gasteiger partial charge is 0.246 e. The summed E-state index contributed by atoms with van der Waals surface area (Å²) in [5, 5.41) is 3.05. The zero-order valence-corrected chi connectivity index (χ0v) is 13.8. The van der Waals surface area contributed by atoms with Crippen LogP contribution in [0.5, 0.6) is 0 Å². The van der Waals surface area contributed by atoms with E-state index >= 15 is 0 Å². The number of anilines is 1. The SMILES string of the molecule is COCC(=O)N[C@H]1COCCC12CCN(c1ncc(F)cn1)CC2. The number of nitrogens with one attached hydrogen (secondary N) is 1. The van der Waals surface area contributed by atoms with Crippen LogP contribution in [0.3, 0.4) is 0 Å². The van der Waals surface area contributed by atoms with Gasteiger partial charge in [-0.25, -0.2) is 14.4 Å². The van der Waals surface area contributed by atoms with Gasteiger partial charge in [0.05, 0.1) is 25.0 Å².